The fourth-order valence-electron chi connectivity index (χ4n) is 2.24. The molecule has 0 unspecified atom stereocenters. The summed E-state index contributed by atoms with van der Waals surface area (Å²) in [6.07, 6.45) is 1.94. The number of hydrogen-bond acceptors (Lipinski definition) is 2. The van der Waals surface area contributed by atoms with E-state index in [0.29, 0.717) is 22.3 Å². The molecule has 1 nitrogen and oxygen atoms in total. The lowest BCUT2D eigenvalue weighted by molar-refractivity contribution is 0.103. The molecule has 19 heavy (non-hydrogen) atoms. The second-order valence-electron chi connectivity index (χ2n) is 4.44. The Morgan fingerprint density at radius 3 is 2.26 bits per heavy atom. The van der Waals surface area contributed by atoms with Crippen LogP contribution in [0.2, 0.25) is 0 Å². The monoisotopic (exact) mass is 274 g/mol. The van der Waals surface area contributed by atoms with Gasteiger partial charge in [0.15, 0.2) is 5.78 Å². The van der Waals surface area contributed by atoms with Gasteiger partial charge in [-0.25, -0.2) is 4.39 Å². The van der Waals surface area contributed by atoms with Gasteiger partial charge in [0.05, 0.1) is 0 Å². The summed E-state index contributed by atoms with van der Waals surface area (Å²) in [6.45, 7) is 3.54. The molecule has 98 valence electrons. The van der Waals surface area contributed by atoms with Crippen LogP contribution >= 0.6 is 11.8 Å². The smallest absolute Gasteiger partial charge is 0.194 e. The van der Waals surface area contributed by atoms with Crippen molar-refractivity contribution >= 4 is 17.5 Å². The van der Waals surface area contributed by atoms with Crippen LogP contribution in [0.3, 0.4) is 0 Å². The van der Waals surface area contributed by atoms with Crippen molar-refractivity contribution in [2.45, 2.75) is 18.7 Å². The van der Waals surface area contributed by atoms with E-state index in [0.717, 1.165) is 4.90 Å². The van der Waals surface area contributed by atoms with Crippen molar-refractivity contribution in [3.8, 4) is 0 Å². The van der Waals surface area contributed by atoms with E-state index in [1.807, 2.05) is 30.5 Å². The number of benzene rings is 2. The van der Waals surface area contributed by atoms with E-state index >= 15 is 0 Å². The van der Waals surface area contributed by atoms with Crippen LogP contribution < -0.4 is 0 Å². The molecule has 0 aliphatic carbocycles. The van der Waals surface area contributed by atoms with Crippen molar-refractivity contribution in [3.63, 3.8) is 0 Å². The molecular weight excluding hydrogens is 259 g/mol. The third kappa shape index (κ3) is 2.71. The van der Waals surface area contributed by atoms with E-state index in [4.69, 9.17) is 0 Å². The lowest BCUT2D eigenvalue weighted by Gasteiger charge is -2.11. The Kier molecular flexibility index (Phi) is 4.05. The minimum atomic E-state index is -0.301. The zero-order valence-electron chi connectivity index (χ0n) is 11.2. The number of thioether (sulfide) groups is 1. The predicted molar refractivity (Wildman–Crippen MR) is 77.5 cm³/mol. The van der Waals surface area contributed by atoms with Crippen molar-refractivity contribution in [1.29, 1.82) is 0 Å². The summed E-state index contributed by atoms with van der Waals surface area (Å²) in [6, 6.07) is 10.3. The molecule has 0 atom stereocenters. The fourth-order valence-corrected chi connectivity index (χ4v) is 2.83. The molecule has 0 bridgehead atoms. The molecule has 0 spiro atoms. The SMILES string of the molecule is CSc1ccccc1C(=O)c1c(C)cc(F)cc1C. The third-order valence-corrected chi connectivity index (χ3v) is 3.87. The van der Waals surface area contributed by atoms with Crippen molar-refractivity contribution in [1.82, 2.24) is 0 Å². The maximum Gasteiger partial charge on any atom is 0.194 e. The zero-order chi connectivity index (χ0) is 14.0. The first-order valence-electron chi connectivity index (χ1n) is 5.99. The number of carbonyl (C=O) groups excluding carboxylic acids is 1. The maximum absolute atomic E-state index is 13.3. The van der Waals surface area contributed by atoms with Crippen LogP contribution in [0, 0.1) is 19.7 Å². The van der Waals surface area contributed by atoms with Crippen LogP contribution in [0.1, 0.15) is 27.0 Å². The first-order chi connectivity index (χ1) is 9.04. The number of rotatable bonds is 3. The molecule has 0 N–H and O–H groups in total. The predicted octanol–water partition coefficient (Wildman–Crippen LogP) is 4.40. The van der Waals surface area contributed by atoms with Crippen LogP contribution in [0.15, 0.2) is 41.3 Å². The standard InChI is InChI=1S/C16H15FOS/c1-10-8-12(17)9-11(2)15(10)16(18)13-6-4-5-7-14(13)19-3/h4-9H,1-3H3. The molecule has 0 saturated heterocycles. The van der Waals surface area contributed by atoms with Crippen LogP contribution in [-0.4, -0.2) is 12.0 Å². The summed E-state index contributed by atoms with van der Waals surface area (Å²) in [5.74, 6) is -0.343. The van der Waals surface area contributed by atoms with Crippen molar-refractivity contribution in [3.05, 3.63) is 64.5 Å². The molecule has 0 aromatic heterocycles. The van der Waals surface area contributed by atoms with Gasteiger partial charge >= 0.3 is 0 Å². The number of carbonyl (C=O) groups is 1. The van der Waals surface area contributed by atoms with Gasteiger partial charge in [-0.05, 0) is 55.5 Å². The highest BCUT2D eigenvalue weighted by molar-refractivity contribution is 7.98. The molecule has 0 aliphatic rings. The molecule has 0 amide bonds. The van der Waals surface area contributed by atoms with E-state index in [1.54, 1.807) is 13.8 Å². The lowest BCUT2D eigenvalue weighted by atomic mass is 9.95. The number of hydrogen-bond donors (Lipinski definition) is 0. The Balaban J connectivity index is 2.57. The van der Waals surface area contributed by atoms with Crippen molar-refractivity contribution in [2.75, 3.05) is 6.26 Å². The average Bonchev–Trinajstić information content (AvgIpc) is 2.37. The van der Waals surface area contributed by atoms with E-state index < -0.39 is 0 Å². The Morgan fingerprint density at radius 2 is 1.68 bits per heavy atom. The first kappa shape index (κ1) is 13.8. The highest BCUT2D eigenvalue weighted by Crippen LogP contribution is 2.26. The lowest BCUT2D eigenvalue weighted by Crippen LogP contribution is -2.08. The van der Waals surface area contributed by atoms with Crippen LogP contribution in [0.5, 0.6) is 0 Å². The minimum Gasteiger partial charge on any atom is -0.289 e. The van der Waals surface area contributed by atoms with E-state index in [9.17, 15) is 9.18 Å². The van der Waals surface area contributed by atoms with Gasteiger partial charge in [0.1, 0.15) is 5.82 Å². The third-order valence-electron chi connectivity index (χ3n) is 3.08. The fraction of sp³-hybridized carbons (Fsp3) is 0.188. The van der Waals surface area contributed by atoms with Crippen LogP contribution in [-0.2, 0) is 0 Å². The summed E-state index contributed by atoms with van der Waals surface area (Å²) in [5.41, 5.74) is 2.63. The highest BCUT2D eigenvalue weighted by Gasteiger charge is 2.17. The summed E-state index contributed by atoms with van der Waals surface area (Å²) in [5, 5.41) is 0. The summed E-state index contributed by atoms with van der Waals surface area (Å²) in [4.78, 5) is 13.6. The largest absolute Gasteiger partial charge is 0.289 e. The van der Waals surface area contributed by atoms with Gasteiger partial charge in [-0.2, -0.15) is 0 Å². The second-order valence-corrected chi connectivity index (χ2v) is 5.29. The average molecular weight is 274 g/mol. The molecule has 0 fully saturated rings. The Labute approximate surface area is 116 Å². The van der Waals surface area contributed by atoms with Gasteiger partial charge < -0.3 is 0 Å². The van der Waals surface area contributed by atoms with Gasteiger partial charge in [-0.1, -0.05) is 12.1 Å². The normalized spacial score (nSPS) is 10.5. The number of aryl methyl sites for hydroxylation is 2. The van der Waals surface area contributed by atoms with Crippen LogP contribution in [0.4, 0.5) is 4.39 Å². The first-order valence-corrected chi connectivity index (χ1v) is 7.21. The van der Waals surface area contributed by atoms with Crippen LogP contribution in [0.25, 0.3) is 0 Å². The van der Waals surface area contributed by atoms with Gasteiger partial charge in [0, 0.05) is 16.0 Å². The highest BCUT2D eigenvalue weighted by atomic mass is 32.2. The van der Waals surface area contributed by atoms with Crippen molar-refractivity contribution in [2.24, 2.45) is 0 Å². The topological polar surface area (TPSA) is 17.1 Å². The molecule has 2 aromatic rings. The van der Waals surface area contributed by atoms with Gasteiger partial charge in [0.25, 0.3) is 0 Å². The second kappa shape index (κ2) is 5.57. The maximum atomic E-state index is 13.3. The van der Waals surface area contributed by atoms with E-state index in [-0.39, 0.29) is 11.6 Å². The Hall–Kier alpha value is -1.61. The quantitative estimate of drug-likeness (QED) is 0.609. The van der Waals surface area contributed by atoms with E-state index in [2.05, 4.69) is 0 Å². The zero-order valence-corrected chi connectivity index (χ0v) is 12.0. The Bertz CT molecular complexity index is 611. The van der Waals surface area contributed by atoms with Gasteiger partial charge in [-0.3, -0.25) is 4.79 Å². The number of halogens is 1. The molecule has 2 aromatic carbocycles. The minimum absolute atomic E-state index is 0.0417. The summed E-state index contributed by atoms with van der Waals surface area (Å²) >= 11 is 1.54. The molecular formula is C16H15FOS. The summed E-state index contributed by atoms with van der Waals surface area (Å²) in [7, 11) is 0. The molecule has 0 aliphatic heterocycles. The van der Waals surface area contributed by atoms with Gasteiger partial charge in [0.2, 0.25) is 0 Å². The summed E-state index contributed by atoms with van der Waals surface area (Å²) < 4.78 is 13.3. The molecule has 3 heteroatoms. The number of ketones is 1. The Morgan fingerprint density at radius 1 is 1.11 bits per heavy atom. The van der Waals surface area contributed by atoms with E-state index in [1.165, 1.54) is 23.9 Å². The van der Waals surface area contributed by atoms with Crippen molar-refractivity contribution < 1.29 is 9.18 Å². The molecule has 0 heterocycles. The molecule has 2 rings (SSSR count). The molecule has 0 radical (unpaired) electrons. The molecule has 0 saturated carbocycles. The van der Waals surface area contributed by atoms with Gasteiger partial charge in [-0.15, -0.1) is 11.8 Å².